The third-order valence-electron chi connectivity index (χ3n) is 4.42. The highest BCUT2D eigenvalue weighted by molar-refractivity contribution is 5.82. The minimum atomic E-state index is -0.287. The predicted octanol–water partition coefficient (Wildman–Crippen LogP) is 2.36. The fourth-order valence-electron chi connectivity index (χ4n) is 2.94. The maximum absolute atomic E-state index is 12.3. The molecule has 132 valence electrons. The molecule has 1 saturated heterocycles. The van der Waals surface area contributed by atoms with Gasteiger partial charge in [0.15, 0.2) is 0 Å². The Bertz CT molecular complexity index is 715. The fourth-order valence-corrected chi connectivity index (χ4v) is 2.94. The second-order valence-electron chi connectivity index (χ2n) is 6.15. The lowest BCUT2D eigenvalue weighted by Crippen LogP contribution is -2.55. The Kier molecular flexibility index (Phi) is 5.68. The molecule has 1 heterocycles. The number of methoxy groups -OCH3 is 1. The number of ether oxygens (including phenoxy) is 2. The summed E-state index contributed by atoms with van der Waals surface area (Å²) in [7, 11) is 1.66. The molecule has 25 heavy (non-hydrogen) atoms. The molecule has 2 N–H and O–H groups in total. The molecule has 0 radical (unpaired) electrons. The van der Waals surface area contributed by atoms with Crippen LogP contribution in [0.25, 0.3) is 11.1 Å². The van der Waals surface area contributed by atoms with Gasteiger partial charge in [-0.25, -0.2) is 0 Å². The minimum Gasteiger partial charge on any atom is -0.497 e. The van der Waals surface area contributed by atoms with E-state index in [4.69, 9.17) is 9.47 Å². The van der Waals surface area contributed by atoms with Gasteiger partial charge in [-0.05, 0) is 35.7 Å². The van der Waals surface area contributed by atoms with Crippen molar-refractivity contribution in [2.24, 2.45) is 0 Å². The molecule has 1 aliphatic heterocycles. The van der Waals surface area contributed by atoms with Crippen LogP contribution in [0.4, 0.5) is 0 Å². The summed E-state index contributed by atoms with van der Waals surface area (Å²) in [4.78, 5) is 12.3. The SMILES string of the molecule is COc1cccc(-c2ccc(CNC(=O)[C@H]3NCCO[C@@H]3C)cc2)c1. The molecule has 5 nitrogen and oxygen atoms in total. The Hall–Kier alpha value is -2.37. The average molecular weight is 340 g/mol. The first-order chi connectivity index (χ1) is 12.2. The lowest BCUT2D eigenvalue weighted by atomic mass is 10.0. The normalized spacial score (nSPS) is 20.1. The van der Waals surface area contributed by atoms with E-state index in [0.717, 1.165) is 22.4 Å². The maximum atomic E-state index is 12.3. The van der Waals surface area contributed by atoms with Crippen LogP contribution in [0.15, 0.2) is 48.5 Å². The first-order valence-electron chi connectivity index (χ1n) is 8.53. The molecule has 0 saturated carbocycles. The van der Waals surface area contributed by atoms with Gasteiger partial charge in [-0.3, -0.25) is 4.79 Å². The minimum absolute atomic E-state index is 0.0240. The van der Waals surface area contributed by atoms with E-state index < -0.39 is 0 Å². The highest BCUT2D eigenvalue weighted by Crippen LogP contribution is 2.24. The largest absolute Gasteiger partial charge is 0.497 e. The first kappa shape index (κ1) is 17.5. The summed E-state index contributed by atoms with van der Waals surface area (Å²) in [6.07, 6.45) is -0.107. The maximum Gasteiger partial charge on any atom is 0.240 e. The van der Waals surface area contributed by atoms with Crippen LogP contribution < -0.4 is 15.4 Å². The van der Waals surface area contributed by atoms with Crippen molar-refractivity contribution in [3.8, 4) is 16.9 Å². The zero-order valence-corrected chi connectivity index (χ0v) is 14.6. The molecule has 2 aromatic rings. The van der Waals surface area contributed by atoms with Crippen molar-refractivity contribution in [3.63, 3.8) is 0 Å². The van der Waals surface area contributed by atoms with E-state index in [-0.39, 0.29) is 18.1 Å². The molecule has 1 fully saturated rings. The zero-order valence-electron chi connectivity index (χ0n) is 14.6. The van der Waals surface area contributed by atoms with E-state index in [1.165, 1.54) is 0 Å². The molecular formula is C20H24N2O3. The summed E-state index contributed by atoms with van der Waals surface area (Å²) in [6, 6.07) is 15.8. The van der Waals surface area contributed by atoms with E-state index in [1.54, 1.807) is 7.11 Å². The van der Waals surface area contributed by atoms with Crippen molar-refractivity contribution in [2.75, 3.05) is 20.3 Å². The standard InChI is InChI=1S/C20H24N2O3/c1-14-19(21-10-11-25-14)20(23)22-13-15-6-8-16(9-7-15)17-4-3-5-18(12-17)24-2/h3-9,12,14,19,21H,10-11,13H2,1-2H3,(H,22,23)/t14-,19+/m1/s1. The molecular weight excluding hydrogens is 316 g/mol. The van der Waals surface area contributed by atoms with E-state index in [1.807, 2.05) is 37.3 Å². The predicted molar refractivity (Wildman–Crippen MR) is 97.5 cm³/mol. The van der Waals surface area contributed by atoms with Crippen LogP contribution >= 0.6 is 0 Å². The lowest BCUT2D eigenvalue weighted by Gasteiger charge is -2.29. The number of nitrogens with one attached hydrogen (secondary N) is 2. The van der Waals surface area contributed by atoms with Gasteiger partial charge in [0.2, 0.25) is 5.91 Å². The molecule has 0 aromatic heterocycles. The zero-order chi connectivity index (χ0) is 17.6. The Morgan fingerprint density at radius 1 is 1.24 bits per heavy atom. The molecule has 5 heteroatoms. The Morgan fingerprint density at radius 2 is 2.04 bits per heavy atom. The van der Waals surface area contributed by atoms with Crippen LogP contribution in [0, 0.1) is 0 Å². The molecule has 0 spiro atoms. The highest BCUT2D eigenvalue weighted by atomic mass is 16.5. The molecule has 2 aromatic carbocycles. The number of amides is 1. The molecule has 1 aliphatic rings. The highest BCUT2D eigenvalue weighted by Gasteiger charge is 2.27. The van der Waals surface area contributed by atoms with E-state index >= 15 is 0 Å². The number of rotatable bonds is 5. The summed E-state index contributed by atoms with van der Waals surface area (Å²) in [6.45, 7) is 3.77. The number of benzene rings is 2. The van der Waals surface area contributed by atoms with Crippen molar-refractivity contribution in [2.45, 2.75) is 25.6 Å². The van der Waals surface area contributed by atoms with Crippen molar-refractivity contribution in [1.82, 2.24) is 10.6 Å². The molecule has 0 bridgehead atoms. The summed E-state index contributed by atoms with van der Waals surface area (Å²) >= 11 is 0. The third kappa shape index (κ3) is 4.38. The molecule has 3 rings (SSSR count). The third-order valence-corrected chi connectivity index (χ3v) is 4.42. The monoisotopic (exact) mass is 340 g/mol. The van der Waals surface area contributed by atoms with Crippen molar-refractivity contribution < 1.29 is 14.3 Å². The Morgan fingerprint density at radius 3 is 2.76 bits per heavy atom. The summed E-state index contributed by atoms with van der Waals surface area (Å²) in [5.74, 6) is 0.814. The van der Waals surface area contributed by atoms with Crippen LogP contribution in [0.5, 0.6) is 5.75 Å². The average Bonchev–Trinajstić information content (AvgIpc) is 2.67. The number of carbonyl (C=O) groups is 1. The fraction of sp³-hybridized carbons (Fsp3) is 0.350. The van der Waals surface area contributed by atoms with Crippen LogP contribution in [0.2, 0.25) is 0 Å². The van der Waals surface area contributed by atoms with Gasteiger partial charge in [0, 0.05) is 13.1 Å². The second kappa shape index (κ2) is 8.14. The molecule has 1 amide bonds. The van der Waals surface area contributed by atoms with Crippen LogP contribution in [-0.4, -0.2) is 38.3 Å². The number of hydrogen-bond donors (Lipinski definition) is 2. The number of carbonyl (C=O) groups excluding carboxylic acids is 1. The van der Waals surface area contributed by atoms with Gasteiger partial charge < -0.3 is 20.1 Å². The van der Waals surface area contributed by atoms with Gasteiger partial charge in [0.25, 0.3) is 0 Å². The van der Waals surface area contributed by atoms with E-state index in [2.05, 4.69) is 28.8 Å². The number of hydrogen-bond acceptors (Lipinski definition) is 4. The van der Waals surface area contributed by atoms with Gasteiger partial charge in [-0.15, -0.1) is 0 Å². The van der Waals surface area contributed by atoms with Gasteiger partial charge in [-0.1, -0.05) is 36.4 Å². The van der Waals surface area contributed by atoms with E-state index in [9.17, 15) is 4.79 Å². The molecule has 0 aliphatic carbocycles. The van der Waals surface area contributed by atoms with Gasteiger partial charge in [0.05, 0.1) is 19.8 Å². The van der Waals surface area contributed by atoms with Crippen molar-refractivity contribution in [3.05, 3.63) is 54.1 Å². The summed E-state index contributed by atoms with van der Waals surface area (Å²) in [5, 5.41) is 6.17. The second-order valence-corrected chi connectivity index (χ2v) is 6.15. The topological polar surface area (TPSA) is 59.6 Å². The number of morpholine rings is 1. The van der Waals surface area contributed by atoms with Crippen LogP contribution in [-0.2, 0) is 16.1 Å². The van der Waals surface area contributed by atoms with E-state index in [0.29, 0.717) is 19.7 Å². The summed E-state index contributed by atoms with van der Waals surface area (Å²) in [5.41, 5.74) is 3.28. The lowest BCUT2D eigenvalue weighted by molar-refractivity contribution is -0.129. The quantitative estimate of drug-likeness (QED) is 0.877. The van der Waals surface area contributed by atoms with Crippen molar-refractivity contribution in [1.29, 1.82) is 0 Å². The molecule has 0 unspecified atom stereocenters. The first-order valence-corrected chi connectivity index (χ1v) is 8.53. The Balaban J connectivity index is 1.60. The van der Waals surface area contributed by atoms with Crippen LogP contribution in [0.3, 0.4) is 0 Å². The Labute approximate surface area is 148 Å². The molecule has 2 atom stereocenters. The van der Waals surface area contributed by atoms with Gasteiger partial charge in [0.1, 0.15) is 11.8 Å². The smallest absolute Gasteiger partial charge is 0.240 e. The van der Waals surface area contributed by atoms with Crippen LogP contribution in [0.1, 0.15) is 12.5 Å². The summed E-state index contributed by atoms with van der Waals surface area (Å²) < 4.78 is 10.8. The van der Waals surface area contributed by atoms with Crippen molar-refractivity contribution >= 4 is 5.91 Å². The van der Waals surface area contributed by atoms with Gasteiger partial charge in [-0.2, -0.15) is 0 Å². The van der Waals surface area contributed by atoms with Gasteiger partial charge >= 0.3 is 0 Å².